The summed E-state index contributed by atoms with van der Waals surface area (Å²) >= 11 is 0. The molecular formula is C10H16O7S. The summed E-state index contributed by atoms with van der Waals surface area (Å²) < 4.78 is 35.7. The fourth-order valence-corrected chi connectivity index (χ4v) is 2.54. The summed E-state index contributed by atoms with van der Waals surface area (Å²) in [7, 11) is -4.77. The number of rotatable bonds is 5. The van der Waals surface area contributed by atoms with Gasteiger partial charge in [-0.2, -0.15) is 8.42 Å². The third kappa shape index (κ3) is 4.61. The van der Waals surface area contributed by atoms with Crippen LogP contribution in [0.4, 0.5) is 0 Å². The summed E-state index contributed by atoms with van der Waals surface area (Å²) in [6, 6.07) is 0. The van der Waals surface area contributed by atoms with Gasteiger partial charge in [0.05, 0.1) is 6.42 Å². The molecule has 0 spiro atoms. The first-order valence-corrected chi connectivity index (χ1v) is 7.19. The van der Waals surface area contributed by atoms with E-state index in [0.717, 1.165) is 19.3 Å². The molecule has 8 heteroatoms. The molecule has 18 heavy (non-hydrogen) atoms. The lowest BCUT2D eigenvalue weighted by Crippen LogP contribution is -2.36. The molecule has 0 amide bonds. The number of hydrogen-bond donors (Lipinski definition) is 2. The van der Waals surface area contributed by atoms with Gasteiger partial charge in [0.15, 0.2) is 5.25 Å². The highest BCUT2D eigenvalue weighted by Crippen LogP contribution is 2.21. The van der Waals surface area contributed by atoms with E-state index in [2.05, 4.69) is 0 Å². The monoisotopic (exact) mass is 280 g/mol. The predicted octanol–water partition coefficient (Wildman–Crippen LogP) is 0.593. The number of hydrogen-bond acceptors (Lipinski definition) is 5. The van der Waals surface area contributed by atoms with Gasteiger partial charge in [-0.3, -0.25) is 14.1 Å². The normalized spacial score (nSPS) is 19.2. The summed E-state index contributed by atoms with van der Waals surface area (Å²) in [6.07, 6.45) is 2.69. The van der Waals surface area contributed by atoms with Crippen molar-refractivity contribution < 1.29 is 32.4 Å². The van der Waals surface area contributed by atoms with Crippen LogP contribution in [0.3, 0.4) is 0 Å². The SMILES string of the molecule is O=C(O)CC(C(=O)OC1CCCCC1)S(=O)(=O)O. The van der Waals surface area contributed by atoms with Crippen molar-refractivity contribution in [3.8, 4) is 0 Å². The molecule has 1 unspecified atom stereocenters. The molecule has 104 valence electrons. The fourth-order valence-electron chi connectivity index (χ4n) is 1.89. The second kappa shape index (κ2) is 6.14. The molecule has 2 N–H and O–H groups in total. The molecule has 7 nitrogen and oxygen atoms in total. The van der Waals surface area contributed by atoms with Gasteiger partial charge in [0, 0.05) is 0 Å². The maximum atomic E-state index is 11.6. The van der Waals surface area contributed by atoms with Gasteiger partial charge in [0.1, 0.15) is 6.10 Å². The van der Waals surface area contributed by atoms with Gasteiger partial charge in [0.25, 0.3) is 10.1 Å². The molecule has 0 saturated heterocycles. The van der Waals surface area contributed by atoms with Crippen LogP contribution in [0.15, 0.2) is 0 Å². The van der Waals surface area contributed by atoms with Crippen molar-refractivity contribution in [2.75, 3.05) is 0 Å². The minimum absolute atomic E-state index is 0.385. The lowest BCUT2D eigenvalue weighted by molar-refractivity contribution is -0.152. The Hall–Kier alpha value is -1.15. The van der Waals surface area contributed by atoms with E-state index in [1.165, 1.54) is 0 Å². The van der Waals surface area contributed by atoms with Crippen LogP contribution < -0.4 is 0 Å². The molecule has 0 aromatic rings. The van der Waals surface area contributed by atoms with E-state index in [0.29, 0.717) is 12.8 Å². The van der Waals surface area contributed by atoms with E-state index in [9.17, 15) is 18.0 Å². The topological polar surface area (TPSA) is 118 Å². The summed E-state index contributed by atoms with van der Waals surface area (Å²) in [4.78, 5) is 22.0. The van der Waals surface area contributed by atoms with Crippen LogP contribution in [-0.4, -0.2) is 41.4 Å². The Labute approximate surface area is 105 Å². The summed E-state index contributed by atoms with van der Waals surface area (Å²) in [6.45, 7) is 0. The molecule has 0 radical (unpaired) electrons. The first-order valence-electron chi connectivity index (χ1n) is 5.69. The Morgan fingerprint density at radius 2 is 1.78 bits per heavy atom. The average molecular weight is 280 g/mol. The molecule has 0 aromatic heterocycles. The summed E-state index contributed by atoms with van der Waals surface area (Å²) in [5.41, 5.74) is 0. The van der Waals surface area contributed by atoms with Crippen molar-refractivity contribution in [2.45, 2.75) is 49.9 Å². The van der Waals surface area contributed by atoms with E-state index >= 15 is 0 Å². The number of carbonyl (C=O) groups is 2. The average Bonchev–Trinajstić information content (AvgIpc) is 2.25. The Balaban J connectivity index is 2.67. The van der Waals surface area contributed by atoms with E-state index in [4.69, 9.17) is 14.4 Å². The summed E-state index contributed by atoms with van der Waals surface area (Å²) in [5.74, 6) is -2.68. The molecule has 0 bridgehead atoms. The van der Waals surface area contributed by atoms with Gasteiger partial charge in [-0.15, -0.1) is 0 Å². The van der Waals surface area contributed by atoms with Crippen molar-refractivity contribution in [3.05, 3.63) is 0 Å². The molecule has 0 aliphatic heterocycles. The van der Waals surface area contributed by atoms with Crippen LogP contribution in [0.5, 0.6) is 0 Å². The number of esters is 1. The highest BCUT2D eigenvalue weighted by molar-refractivity contribution is 7.87. The van der Waals surface area contributed by atoms with E-state index in [-0.39, 0.29) is 6.10 Å². The third-order valence-corrected chi connectivity index (χ3v) is 3.90. The zero-order valence-electron chi connectivity index (χ0n) is 9.74. The number of carbonyl (C=O) groups excluding carboxylic acids is 1. The molecule has 1 atom stereocenters. The zero-order valence-corrected chi connectivity index (χ0v) is 10.6. The number of ether oxygens (including phenoxy) is 1. The number of aliphatic carboxylic acids is 1. The number of carboxylic acid groups (broad SMARTS) is 1. The van der Waals surface area contributed by atoms with Gasteiger partial charge in [-0.05, 0) is 25.7 Å². The van der Waals surface area contributed by atoms with Crippen molar-refractivity contribution in [3.63, 3.8) is 0 Å². The zero-order chi connectivity index (χ0) is 13.8. The Bertz CT molecular complexity index is 408. The molecule has 1 fully saturated rings. The van der Waals surface area contributed by atoms with Crippen LogP contribution in [0, 0.1) is 0 Å². The molecule has 0 heterocycles. The molecular weight excluding hydrogens is 264 g/mol. The van der Waals surface area contributed by atoms with Gasteiger partial charge in [-0.25, -0.2) is 0 Å². The van der Waals surface area contributed by atoms with Gasteiger partial charge in [0.2, 0.25) is 0 Å². The van der Waals surface area contributed by atoms with Crippen LogP contribution in [0.2, 0.25) is 0 Å². The third-order valence-electron chi connectivity index (χ3n) is 2.82. The highest BCUT2D eigenvalue weighted by atomic mass is 32.2. The van der Waals surface area contributed by atoms with Gasteiger partial charge >= 0.3 is 11.9 Å². The van der Waals surface area contributed by atoms with Crippen LogP contribution in [0.1, 0.15) is 38.5 Å². The van der Waals surface area contributed by atoms with Crippen molar-refractivity contribution in [2.24, 2.45) is 0 Å². The van der Waals surface area contributed by atoms with Gasteiger partial charge < -0.3 is 9.84 Å². The standard InChI is InChI=1S/C10H16O7S/c11-9(12)6-8(18(14,15)16)10(13)17-7-4-2-1-3-5-7/h7-8H,1-6H2,(H,11,12)(H,14,15,16). The lowest BCUT2D eigenvalue weighted by Gasteiger charge is -2.23. The maximum absolute atomic E-state index is 11.6. The first-order chi connectivity index (χ1) is 8.30. The minimum Gasteiger partial charge on any atom is -0.481 e. The number of carboxylic acids is 1. The lowest BCUT2D eigenvalue weighted by atomic mass is 9.98. The maximum Gasteiger partial charge on any atom is 0.327 e. The Morgan fingerprint density at radius 3 is 2.22 bits per heavy atom. The Morgan fingerprint density at radius 1 is 1.22 bits per heavy atom. The van der Waals surface area contributed by atoms with E-state index in [1.807, 2.05) is 0 Å². The van der Waals surface area contributed by atoms with Crippen LogP contribution in [0.25, 0.3) is 0 Å². The van der Waals surface area contributed by atoms with Crippen LogP contribution >= 0.6 is 0 Å². The first kappa shape index (κ1) is 14.9. The van der Waals surface area contributed by atoms with E-state index < -0.39 is 33.7 Å². The molecule has 1 aliphatic carbocycles. The second-order valence-corrected chi connectivity index (χ2v) is 5.90. The van der Waals surface area contributed by atoms with Crippen LogP contribution in [-0.2, 0) is 24.4 Å². The molecule has 1 saturated carbocycles. The van der Waals surface area contributed by atoms with E-state index in [1.54, 1.807) is 0 Å². The van der Waals surface area contributed by atoms with Gasteiger partial charge in [-0.1, -0.05) is 6.42 Å². The predicted molar refractivity (Wildman–Crippen MR) is 60.6 cm³/mol. The smallest absolute Gasteiger partial charge is 0.327 e. The quantitative estimate of drug-likeness (QED) is 0.559. The van der Waals surface area contributed by atoms with Crippen molar-refractivity contribution in [1.82, 2.24) is 0 Å². The second-order valence-electron chi connectivity index (χ2n) is 4.30. The highest BCUT2D eigenvalue weighted by Gasteiger charge is 2.36. The molecule has 0 aromatic carbocycles. The van der Waals surface area contributed by atoms with Crippen molar-refractivity contribution in [1.29, 1.82) is 0 Å². The Kier molecular flexibility index (Phi) is 5.09. The minimum atomic E-state index is -4.77. The largest absolute Gasteiger partial charge is 0.481 e. The fraction of sp³-hybridized carbons (Fsp3) is 0.800. The van der Waals surface area contributed by atoms with Crippen molar-refractivity contribution >= 4 is 22.1 Å². The summed E-state index contributed by atoms with van der Waals surface area (Å²) in [5, 5.41) is 6.47. The molecule has 1 aliphatic rings. The molecule has 1 rings (SSSR count).